The minimum atomic E-state index is -3.27. The molecule has 0 radical (unpaired) electrons. The van der Waals surface area contributed by atoms with Crippen molar-refractivity contribution in [3.8, 4) is 0 Å². The predicted octanol–water partition coefficient (Wildman–Crippen LogP) is 1.71. The maximum Gasteiger partial charge on any atom is 0.325 e. The van der Waals surface area contributed by atoms with E-state index in [-0.39, 0.29) is 18.1 Å². The molecule has 1 aromatic heterocycles. The number of hydrogen-bond donors (Lipinski definition) is 2. The van der Waals surface area contributed by atoms with Crippen molar-refractivity contribution in [3.63, 3.8) is 0 Å². The van der Waals surface area contributed by atoms with E-state index < -0.39 is 24.1 Å². The lowest BCUT2D eigenvalue weighted by molar-refractivity contribution is -0.132. The molecule has 0 atom stereocenters. The number of benzene rings is 1. The monoisotopic (exact) mass is 451 g/mol. The van der Waals surface area contributed by atoms with Crippen molar-refractivity contribution in [2.45, 2.75) is 13.0 Å². The number of aromatic nitrogens is 1. The molecule has 1 aromatic carbocycles. The fraction of sp³-hybridized carbons (Fsp3) is 0.300. The van der Waals surface area contributed by atoms with Gasteiger partial charge in [-0.05, 0) is 36.4 Å². The number of hydrazine groups is 1. The van der Waals surface area contributed by atoms with Gasteiger partial charge in [-0.2, -0.15) is 8.78 Å². The van der Waals surface area contributed by atoms with Gasteiger partial charge in [-0.3, -0.25) is 30.3 Å². The van der Waals surface area contributed by atoms with E-state index >= 15 is 0 Å². The minimum absolute atomic E-state index is 0.0103. The fourth-order valence-electron chi connectivity index (χ4n) is 2.88. The Balaban J connectivity index is 1.72. The fourth-order valence-corrected chi connectivity index (χ4v) is 2.88. The van der Waals surface area contributed by atoms with E-state index in [1.165, 1.54) is 47.5 Å². The van der Waals surface area contributed by atoms with E-state index in [0.29, 0.717) is 37.7 Å². The van der Waals surface area contributed by atoms with Gasteiger partial charge in [0, 0.05) is 25.0 Å². The second kappa shape index (κ2) is 10.6. The molecule has 1 aliphatic heterocycles. The topological polar surface area (TPSA) is 104 Å². The standard InChI is InChI=1S/C20H20F3N5O4/c21-14-2-5-16(6-3-14)28(20(31)27-7-9-32-10-8-27)12-15-4-1-13(11-24-15)18(29)25-26-19(30)17(22)23/h1-6,11,17H,7-10,12H2,(H,25,29)(H,26,30). The average Bonchev–Trinajstić information content (AvgIpc) is 2.82. The average molecular weight is 451 g/mol. The summed E-state index contributed by atoms with van der Waals surface area (Å²) in [6.45, 7) is 1.67. The third-order valence-corrected chi connectivity index (χ3v) is 4.56. The molecule has 1 fully saturated rings. The highest BCUT2D eigenvalue weighted by atomic mass is 19.3. The van der Waals surface area contributed by atoms with Gasteiger partial charge in [0.25, 0.3) is 5.91 Å². The van der Waals surface area contributed by atoms with Crippen LogP contribution in [0.1, 0.15) is 16.1 Å². The third kappa shape index (κ3) is 5.94. The van der Waals surface area contributed by atoms with Crippen LogP contribution in [0, 0.1) is 5.82 Å². The maximum atomic E-state index is 13.4. The minimum Gasteiger partial charge on any atom is -0.378 e. The number of halogens is 3. The number of carbonyl (C=O) groups excluding carboxylic acids is 3. The summed E-state index contributed by atoms with van der Waals surface area (Å²) in [6, 6.07) is 7.97. The molecule has 1 saturated heterocycles. The predicted molar refractivity (Wildman–Crippen MR) is 106 cm³/mol. The molecule has 2 aromatic rings. The van der Waals surface area contributed by atoms with Crippen LogP contribution < -0.4 is 15.8 Å². The summed E-state index contributed by atoms with van der Waals surface area (Å²) < 4.78 is 43.0. The number of anilines is 1. The van der Waals surface area contributed by atoms with Gasteiger partial charge in [-0.1, -0.05) is 0 Å². The van der Waals surface area contributed by atoms with Crippen molar-refractivity contribution in [2.75, 3.05) is 31.2 Å². The Morgan fingerprint density at radius 1 is 1.06 bits per heavy atom. The number of nitrogens with one attached hydrogen (secondary N) is 2. The van der Waals surface area contributed by atoms with Crippen LogP contribution in [-0.2, 0) is 16.1 Å². The lowest BCUT2D eigenvalue weighted by Crippen LogP contribution is -2.48. The number of urea groups is 1. The summed E-state index contributed by atoms with van der Waals surface area (Å²) in [4.78, 5) is 43.0. The Bertz CT molecular complexity index is 951. The summed E-state index contributed by atoms with van der Waals surface area (Å²) in [6.07, 6.45) is -2.08. The molecule has 170 valence electrons. The van der Waals surface area contributed by atoms with Crippen LogP contribution in [0.15, 0.2) is 42.6 Å². The largest absolute Gasteiger partial charge is 0.378 e. The second-order valence-corrected chi connectivity index (χ2v) is 6.73. The van der Waals surface area contributed by atoms with Crippen LogP contribution in [0.2, 0.25) is 0 Å². The molecule has 32 heavy (non-hydrogen) atoms. The molecule has 2 heterocycles. The number of carbonyl (C=O) groups is 3. The summed E-state index contributed by atoms with van der Waals surface area (Å²) in [7, 11) is 0. The SMILES string of the molecule is O=C(NNC(=O)C(F)F)c1ccc(CN(C(=O)N2CCOCC2)c2ccc(F)cc2)nc1. The smallest absolute Gasteiger partial charge is 0.325 e. The van der Waals surface area contributed by atoms with Gasteiger partial charge in [0.2, 0.25) is 0 Å². The number of hydrogen-bond acceptors (Lipinski definition) is 5. The van der Waals surface area contributed by atoms with Crippen LogP contribution in [-0.4, -0.2) is 60.5 Å². The van der Waals surface area contributed by atoms with Gasteiger partial charge >= 0.3 is 18.4 Å². The van der Waals surface area contributed by atoms with Crippen LogP contribution in [0.5, 0.6) is 0 Å². The van der Waals surface area contributed by atoms with Crippen LogP contribution >= 0.6 is 0 Å². The van der Waals surface area contributed by atoms with Gasteiger partial charge in [0.05, 0.1) is 31.0 Å². The highest BCUT2D eigenvalue weighted by Crippen LogP contribution is 2.20. The zero-order valence-electron chi connectivity index (χ0n) is 16.8. The molecule has 4 amide bonds. The molecule has 0 saturated carbocycles. The zero-order valence-corrected chi connectivity index (χ0v) is 16.8. The molecule has 0 aliphatic carbocycles. The van der Waals surface area contributed by atoms with Gasteiger partial charge in [-0.15, -0.1) is 0 Å². The van der Waals surface area contributed by atoms with E-state index in [4.69, 9.17) is 4.74 Å². The van der Waals surface area contributed by atoms with E-state index in [1.807, 2.05) is 5.43 Å². The maximum absolute atomic E-state index is 13.4. The van der Waals surface area contributed by atoms with Crippen LogP contribution in [0.3, 0.4) is 0 Å². The lowest BCUT2D eigenvalue weighted by Gasteiger charge is -2.33. The Hall–Kier alpha value is -3.67. The molecule has 3 rings (SSSR count). The molecule has 12 heteroatoms. The molecule has 0 spiro atoms. The first kappa shape index (κ1) is 23.0. The normalized spacial score (nSPS) is 13.6. The van der Waals surface area contributed by atoms with E-state index in [0.717, 1.165) is 0 Å². The first-order valence-corrected chi connectivity index (χ1v) is 9.58. The Morgan fingerprint density at radius 2 is 1.75 bits per heavy atom. The van der Waals surface area contributed by atoms with Crippen molar-refractivity contribution in [1.82, 2.24) is 20.7 Å². The molecule has 0 bridgehead atoms. The van der Waals surface area contributed by atoms with Crippen LogP contribution in [0.25, 0.3) is 0 Å². The highest BCUT2D eigenvalue weighted by Gasteiger charge is 2.25. The lowest BCUT2D eigenvalue weighted by atomic mass is 10.2. The van der Waals surface area contributed by atoms with Crippen molar-refractivity contribution in [2.24, 2.45) is 0 Å². The van der Waals surface area contributed by atoms with Crippen molar-refractivity contribution < 1.29 is 32.3 Å². The van der Waals surface area contributed by atoms with Crippen molar-refractivity contribution in [1.29, 1.82) is 0 Å². The summed E-state index contributed by atoms with van der Waals surface area (Å²) in [5.74, 6) is -2.92. The Kier molecular flexibility index (Phi) is 7.60. The summed E-state index contributed by atoms with van der Waals surface area (Å²) in [5, 5.41) is 0. The van der Waals surface area contributed by atoms with Crippen molar-refractivity contribution >= 4 is 23.5 Å². The van der Waals surface area contributed by atoms with E-state index in [1.54, 1.807) is 10.3 Å². The molecular weight excluding hydrogens is 431 g/mol. The molecular formula is C20H20F3N5O4. The van der Waals surface area contributed by atoms with Gasteiger partial charge in [0.1, 0.15) is 5.82 Å². The Morgan fingerprint density at radius 3 is 2.34 bits per heavy atom. The van der Waals surface area contributed by atoms with E-state index in [2.05, 4.69) is 4.98 Å². The number of pyridine rings is 1. The highest BCUT2D eigenvalue weighted by molar-refractivity contribution is 5.95. The zero-order chi connectivity index (χ0) is 23.1. The second-order valence-electron chi connectivity index (χ2n) is 6.73. The van der Waals surface area contributed by atoms with Gasteiger partial charge < -0.3 is 9.64 Å². The number of amides is 4. The number of rotatable bonds is 5. The first-order valence-electron chi connectivity index (χ1n) is 9.58. The quantitative estimate of drug-likeness (QED) is 0.674. The number of nitrogens with zero attached hydrogens (tertiary/aromatic N) is 3. The number of alkyl halides is 2. The van der Waals surface area contributed by atoms with Gasteiger partial charge in [-0.25, -0.2) is 9.18 Å². The van der Waals surface area contributed by atoms with Gasteiger partial charge in [0.15, 0.2) is 0 Å². The number of ether oxygens (including phenoxy) is 1. The van der Waals surface area contributed by atoms with Crippen LogP contribution in [0.4, 0.5) is 23.7 Å². The molecule has 9 nitrogen and oxygen atoms in total. The molecule has 1 aliphatic rings. The molecule has 2 N–H and O–H groups in total. The summed E-state index contributed by atoms with van der Waals surface area (Å²) in [5.41, 5.74) is 4.33. The summed E-state index contributed by atoms with van der Waals surface area (Å²) >= 11 is 0. The third-order valence-electron chi connectivity index (χ3n) is 4.56. The van der Waals surface area contributed by atoms with E-state index in [9.17, 15) is 27.6 Å². The first-order chi connectivity index (χ1) is 15.3. The Labute approximate surface area is 181 Å². The van der Waals surface area contributed by atoms with Crippen molar-refractivity contribution in [3.05, 3.63) is 59.7 Å². The number of morpholine rings is 1. The molecule has 0 unspecified atom stereocenters.